The molecule has 84 heavy (non-hydrogen) atoms. The van der Waals surface area contributed by atoms with Crippen molar-refractivity contribution >= 4 is 93.3 Å². The molecule has 0 fully saturated rings. The van der Waals surface area contributed by atoms with Crippen LogP contribution in [0.5, 0.6) is 23.0 Å². The molecular weight excluding hydrogens is 1290 g/mol. The van der Waals surface area contributed by atoms with Crippen LogP contribution in [0.1, 0.15) is 167 Å². The minimum atomic E-state index is -3.28. The molecule has 4 aromatic rings. The SMILES string of the molecule is BrB(Br)Br.CCOC(=O)C=C1CCCc2cc(OC)ccc21.CCOC(=O)CC1CCCc2cc(O)ccc21.CCOC(=O)CC1CCCc2cc(OC)ccc21.CCOC(=O)CP(=O)(OCC)OCC.COc1ccc2c(c1)CCCC2=O. The molecule has 0 saturated carbocycles. The van der Waals surface area contributed by atoms with Gasteiger partial charge in [0, 0.05) is 18.1 Å². The lowest BCUT2D eigenvalue weighted by Gasteiger charge is -2.25. The maximum absolute atomic E-state index is 11.8. The average Bonchev–Trinajstić information content (AvgIpc) is 3.52. The average molecular weight is 1380 g/mol. The molecule has 0 radical (unpaired) electrons. The van der Waals surface area contributed by atoms with Crippen molar-refractivity contribution in [1.29, 1.82) is 0 Å². The molecule has 0 spiro atoms. The highest BCUT2D eigenvalue weighted by Crippen LogP contribution is 2.48. The lowest BCUT2D eigenvalue weighted by atomic mass is 9.81. The number of ether oxygens (including phenoxy) is 7. The molecule has 0 aliphatic heterocycles. The molecular formula is C63H85BBr3O16P. The molecule has 0 bridgehead atoms. The number of carbonyl (C=O) groups excluding carboxylic acids is 5. The zero-order valence-corrected chi connectivity index (χ0v) is 55.9. The Morgan fingerprint density at radius 2 is 0.952 bits per heavy atom. The van der Waals surface area contributed by atoms with Gasteiger partial charge in [-0.15, -0.1) is 47.3 Å². The fraction of sp³-hybridized carbons (Fsp3) is 0.508. The first-order valence-corrected chi connectivity index (χ1v) is 33.3. The minimum absolute atomic E-state index is 0.0915. The van der Waals surface area contributed by atoms with Crippen LogP contribution in [0.3, 0.4) is 0 Å². The third-order valence-electron chi connectivity index (χ3n) is 13.7. The van der Waals surface area contributed by atoms with Gasteiger partial charge in [0.15, 0.2) is 5.78 Å². The highest BCUT2D eigenvalue weighted by Gasteiger charge is 2.29. The van der Waals surface area contributed by atoms with Gasteiger partial charge < -0.3 is 47.3 Å². The Bertz CT molecular complexity index is 2780. The van der Waals surface area contributed by atoms with Gasteiger partial charge in [0.25, 0.3) is 0 Å². The second-order valence-corrected chi connectivity index (χ2v) is 27.9. The number of phenolic OH excluding ortho intramolecular Hbond substituents is 1. The molecule has 4 aliphatic carbocycles. The number of hydrogen-bond acceptors (Lipinski definition) is 16. The molecule has 0 amide bonds. The zero-order chi connectivity index (χ0) is 62.0. The van der Waals surface area contributed by atoms with Gasteiger partial charge in [0.1, 0.15) is 29.2 Å². The molecule has 16 nitrogen and oxygen atoms in total. The number of Topliss-reactive ketones (excluding diaryl/α,β-unsaturated/α-hetero) is 1. The molecule has 462 valence electrons. The Hall–Kier alpha value is -4.98. The molecule has 0 heterocycles. The van der Waals surface area contributed by atoms with Gasteiger partial charge in [-0.2, -0.15) is 0 Å². The number of phenols is 1. The van der Waals surface area contributed by atoms with E-state index in [1.54, 1.807) is 54.2 Å². The Labute approximate surface area is 522 Å². The molecule has 0 aromatic heterocycles. The van der Waals surface area contributed by atoms with Crippen molar-refractivity contribution in [1.82, 2.24) is 0 Å². The van der Waals surface area contributed by atoms with Crippen LogP contribution in [-0.2, 0) is 77.4 Å². The normalized spacial score (nSPS) is 15.7. The van der Waals surface area contributed by atoms with Gasteiger partial charge in [-0.25, -0.2) is 4.79 Å². The zero-order valence-electron chi connectivity index (χ0n) is 50.2. The minimum Gasteiger partial charge on any atom is -0.508 e. The second kappa shape index (κ2) is 40.4. The van der Waals surface area contributed by atoms with E-state index in [0.29, 0.717) is 50.8 Å². The molecule has 8 rings (SSSR count). The predicted octanol–water partition coefficient (Wildman–Crippen LogP) is 15.0. The summed E-state index contributed by atoms with van der Waals surface area (Å²) in [6.07, 6.45) is 14.3. The number of allylic oxidation sites excluding steroid dienone is 1. The van der Waals surface area contributed by atoms with Gasteiger partial charge in [-0.1, -0.05) is 18.2 Å². The highest BCUT2D eigenvalue weighted by molar-refractivity contribution is 9.69. The van der Waals surface area contributed by atoms with E-state index in [0.717, 1.165) is 110 Å². The monoisotopic (exact) mass is 1380 g/mol. The molecule has 0 saturated heterocycles. The summed E-state index contributed by atoms with van der Waals surface area (Å²) in [6, 6.07) is 23.3. The van der Waals surface area contributed by atoms with Crippen molar-refractivity contribution < 1.29 is 75.8 Å². The van der Waals surface area contributed by atoms with E-state index in [2.05, 4.69) is 64.1 Å². The fourth-order valence-electron chi connectivity index (χ4n) is 10.1. The van der Waals surface area contributed by atoms with E-state index >= 15 is 0 Å². The number of aromatic hydroxyl groups is 1. The van der Waals surface area contributed by atoms with Crippen LogP contribution in [0.15, 0.2) is 78.9 Å². The molecule has 1 N–H and O–H groups in total. The van der Waals surface area contributed by atoms with Gasteiger partial charge in [-0.05, 0) is 223 Å². The lowest BCUT2D eigenvalue weighted by Crippen LogP contribution is -2.15. The summed E-state index contributed by atoms with van der Waals surface area (Å²) >= 11 is 9.31. The highest BCUT2D eigenvalue weighted by atomic mass is 79.9. The van der Waals surface area contributed by atoms with E-state index in [9.17, 15) is 33.6 Å². The van der Waals surface area contributed by atoms with Crippen molar-refractivity contribution in [2.45, 2.75) is 143 Å². The number of esters is 4. The number of methoxy groups -OCH3 is 3. The maximum Gasteiger partial charge on any atom is 0.369 e. The molecule has 21 heteroatoms. The summed E-state index contributed by atoms with van der Waals surface area (Å²) in [5.41, 5.74) is 10.4. The van der Waals surface area contributed by atoms with E-state index in [-0.39, 0.29) is 58.8 Å². The first-order chi connectivity index (χ1) is 40.3. The number of halogens is 3. The Morgan fingerprint density at radius 3 is 1.44 bits per heavy atom. The van der Waals surface area contributed by atoms with E-state index in [4.69, 9.17) is 37.5 Å². The van der Waals surface area contributed by atoms with Crippen LogP contribution in [-0.4, -0.2) is 105 Å². The first kappa shape index (κ1) is 73.3. The van der Waals surface area contributed by atoms with E-state index in [1.807, 2.05) is 75.4 Å². The van der Waals surface area contributed by atoms with Crippen molar-refractivity contribution in [2.75, 3.05) is 67.1 Å². The van der Waals surface area contributed by atoms with Crippen LogP contribution in [0.4, 0.5) is 0 Å². The third-order valence-corrected chi connectivity index (χ3v) is 15.6. The summed E-state index contributed by atoms with van der Waals surface area (Å²) in [7, 11) is 1.71. The van der Waals surface area contributed by atoms with E-state index < -0.39 is 13.6 Å². The van der Waals surface area contributed by atoms with Crippen LogP contribution >= 0.6 is 54.9 Å². The Balaban J connectivity index is 0.000000272. The van der Waals surface area contributed by atoms with Crippen LogP contribution in [0.2, 0.25) is 0 Å². The summed E-state index contributed by atoms with van der Waals surface area (Å²) < 4.78 is 57.1. The Morgan fingerprint density at radius 1 is 0.536 bits per heavy atom. The van der Waals surface area contributed by atoms with Crippen molar-refractivity contribution in [3.63, 3.8) is 0 Å². The third kappa shape index (κ3) is 26.3. The maximum atomic E-state index is 11.8. The summed E-state index contributed by atoms with van der Waals surface area (Å²) in [4.78, 5) is 57.1. The topological polar surface area (TPSA) is 206 Å². The number of ketones is 1. The molecule has 2 unspecified atom stereocenters. The van der Waals surface area contributed by atoms with Crippen LogP contribution in [0, 0.1) is 0 Å². The number of benzene rings is 4. The quantitative estimate of drug-likeness (QED) is 0.0323. The molecule has 4 aromatic carbocycles. The molecule has 2 atom stereocenters. The van der Waals surface area contributed by atoms with E-state index in [1.165, 1.54) is 27.8 Å². The largest absolute Gasteiger partial charge is 0.508 e. The van der Waals surface area contributed by atoms with Crippen LogP contribution in [0.25, 0.3) is 5.57 Å². The summed E-state index contributed by atoms with van der Waals surface area (Å²) in [6.45, 7) is 12.6. The van der Waals surface area contributed by atoms with Crippen LogP contribution < -0.4 is 14.2 Å². The lowest BCUT2D eigenvalue weighted by molar-refractivity contribution is -0.144. The Kier molecular flexibility index (Phi) is 35.3. The summed E-state index contributed by atoms with van der Waals surface area (Å²) in [5.74, 6) is 2.70. The second-order valence-electron chi connectivity index (χ2n) is 19.4. The van der Waals surface area contributed by atoms with Gasteiger partial charge in [-0.3, -0.25) is 23.7 Å². The first-order valence-electron chi connectivity index (χ1n) is 28.8. The predicted molar refractivity (Wildman–Crippen MR) is 341 cm³/mol. The smallest absolute Gasteiger partial charge is 0.369 e. The van der Waals surface area contributed by atoms with Crippen molar-refractivity contribution in [3.05, 3.63) is 123 Å². The number of rotatable bonds is 18. The standard InChI is InChI=1S/C15H20O3.C15H18O3.C14H18O3.C11H12O2.C8H17O5P.BBr3/c2*1-3-18-15(16)10-12-6-4-5-11-9-13(17-2)7-8-14(11)12;1-2-17-14(16)9-11-5-3-4-10-8-12(15)6-7-13(10)11;1-13-9-5-6-10-8(7-9)3-2-4-11(10)12;1-4-11-8(9)7-14(10,12-5-2)13-6-3;2-1(3)4/h7-9,12H,3-6,10H2,1-2H3;7-10H,3-6H2,1-2H3;6-8,11,15H,2-5,9H2,1H3;5-7H,2-4H2,1H3;4-7H2,1-3H3;. The number of hydrogen-bond donors (Lipinski definition) is 1. The number of carbonyl (C=O) groups is 5. The molecule has 4 aliphatic rings. The van der Waals surface area contributed by atoms with Gasteiger partial charge in [0.2, 0.25) is 0 Å². The van der Waals surface area contributed by atoms with Crippen molar-refractivity contribution in [2.24, 2.45) is 0 Å². The van der Waals surface area contributed by atoms with Gasteiger partial charge in [0.05, 0.1) is 73.8 Å². The number of aryl methyl sites for hydroxylation is 4. The van der Waals surface area contributed by atoms with Crippen molar-refractivity contribution in [3.8, 4) is 23.0 Å². The summed E-state index contributed by atoms with van der Waals surface area (Å²) in [5, 5.41) is 9.45. The fourth-order valence-corrected chi connectivity index (χ4v) is 11.6. The van der Waals surface area contributed by atoms with Gasteiger partial charge >= 0.3 is 34.7 Å². The number of fused-ring (bicyclic) bond motifs is 4.